The van der Waals surface area contributed by atoms with Gasteiger partial charge >= 0.3 is 0 Å². The highest BCUT2D eigenvalue weighted by Gasteiger charge is 2.38. The van der Waals surface area contributed by atoms with Crippen LogP contribution < -0.4 is 0 Å². The highest BCUT2D eigenvalue weighted by atomic mass is 16.2. The van der Waals surface area contributed by atoms with Crippen molar-refractivity contribution in [2.45, 2.75) is 46.6 Å². The fourth-order valence-electron chi connectivity index (χ4n) is 4.12. The van der Waals surface area contributed by atoms with Crippen molar-refractivity contribution in [1.29, 1.82) is 0 Å². The van der Waals surface area contributed by atoms with E-state index in [4.69, 9.17) is 0 Å². The Morgan fingerprint density at radius 2 is 1.91 bits per heavy atom. The van der Waals surface area contributed by atoms with Gasteiger partial charge in [-0.3, -0.25) is 4.79 Å². The molecule has 2 bridgehead atoms. The zero-order valence-electron chi connectivity index (χ0n) is 14.8. The number of amides is 1. The van der Waals surface area contributed by atoms with Crippen molar-refractivity contribution in [1.82, 2.24) is 4.90 Å². The standard InChI is InChI=1S/C21H29NO/c1-14(2)16(4)22(13-19-12-17-9-10-18(19)11-17)21(23)20-8-6-5-7-15(20)3/h5-10,14,16-19H,11-13H2,1-4H3. The quantitative estimate of drug-likeness (QED) is 0.722. The van der Waals surface area contributed by atoms with Crippen molar-refractivity contribution in [3.63, 3.8) is 0 Å². The van der Waals surface area contributed by atoms with E-state index in [2.05, 4.69) is 37.8 Å². The van der Waals surface area contributed by atoms with Crippen LogP contribution >= 0.6 is 0 Å². The van der Waals surface area contributed by atoms with E-state index < -0.39 is 0 Å². The number of carbonyl (C=O) groups excluding carboxylic acids is 1. The van der Waals surface area contributed by atoms with E-state index in [0.29, 0.717) is 17.8 Å². The van der Waals surface area contributed by atoms with Gasteiger partial charge in [0.25, 0.3) is 5.91 Å². The maximum absolute atomic E-state index is 13.2. The molecule has 2 aliphatic carbocycles. The van der Waals surface area contributed by atoms with E-state index in [1.54, 1.807) is 0 Å². The molecule has 0 heterocycles. The first-order chi connectivity index (χ1) is 11.0. The van der Waals surface area contributed by atoms with E-state index >= 15 is 0 Å². The minimum absolute atomic E-state index is 0.205. The van der Waals surface area contributed by atoms with Crippen molar-refractivity contribution >= 4 is 5.91 Å². The topological polar surface area (TPSA) is 20.3 Å². The Morgan fingerprint density at radius 3 is 2.48 bits per heavy atom. The number of rotatable bonds is 5. The summed E-state index contributed by atoms with van der Waals surface area (Å²) < 4.78 is 0. The molecule has 0 spiro atoms. The van der Waals surface area contributed by atoms with E-state index in [9.17, 15) is 4.79 Å². The summed E-state index contributed by atoms with van der Waals surface area (Å²) in [5.74, 6) is 2.76. The van der Waals surface area contributed by atoms with Gasteiger partial charge in [0, 0.05) is 18.2 Å². The second-order valence-corrected chi connectivity index (χ2v) is 7.80. The maximum Gasteiger partial charge on any atom is 0.254 e. The maximum atomic E-state index is 13.2. The molecule has 0 aromatic heterocycles. The van der Waals surface area contributed by atoms with E-state index in [1.807, 2.05) is 31.2 Å². The summed E-state index contributed by atoms with van der Waals surface area (Å²) in [6.07, 6.45) is 7.31. The third kappa shape index (κ3) is 3.22. The Labute approximate surface area is 140 Å². The average molecular weight is 311 g/mol. The minimum atomic E-state index is 0.205. The summed E-state index contributed by atoms with van der Waals surface area (Å²) in [4.78, 5) is 15.4. The first-order valence-corrected chi connectivity index (χ1v) is 9.02. The van der Waals surface area contributed by atoms with Crippen LogP contribution in [-0.4, -0.2) is 23.4 Å². The molecule has 2 aliphatic rings. The second-order valence-electron chi connectivity index (χ2n) is 7.80. The molecule has 4 unspecified atom stereocenters. The lowest BCUT2D eigenvalue weighted by Gasteiger charge is -2.36. The minimum Gasteiger partial charge on any atom is -0.335 e. The van der Waals surface area contributed by atoms with E-state index in [-0.39, 0.29) is 11.9 Å². The van der Waals surface area contributed by atoms with Crippen LogP contribution in [0.5, 0.6) is 0 Å². The number of allylic oxidation sites excluding steroid dienone is 2. The molecular formula is C21H29NO. The van der Waals surface area contributed by atoms with Gasteiger partial charge in [-0.1, -0.05) is 44.2 Å². The highest BCUT2D eigenvalue weighted by Crippen LogP contribution is 2.44. The predicted octanol–water partition coefficient (Wildman–Crippen LogP) is 4.69. The van der Waals surface area contributed by atoms with Crippen LogP contribution in [0.4, 0.5) is 0 Å². The van der Waals surface area contributed by atoms with Crippen molar-refractivity contribution in [3.05, 3.63) is 47.5 Å². The van der Waals surface area contributed by atoms with Gasteiger partial charge in [-0.25, -0.2) is 0 Å². The summed E-state index contributed by atoms with van der Waals surface area (Å²) in [6, 6.07) is 8.25. The molecule has 1 aromatic rings. The second kappa shape index (κ2) is 6.51. The monoisotopic (exact) mass is 311 g/mol. The van der Waals surface area contributed by atoms with E-state index in [0.717, 1.165) is 23.6 Å². The summed E-state index contributed by atoms with van der Waals surface area (Å²) in [5, 5.41) is 0. The Morgan fingerprint density at radius 1 is 1.17 bits per heavy atom. The first-order valence-electron chi connectivity index (χ1n) is 9.02. The largest absolute Gasteiger partial charge is 0.335 e. The van der Waals surface area contributed by atoms with Gasteiger partial charge in [0.1, 0.15) is 0 Å². The lowest BCUT2D eigenvalue weighted by molar-refractivity contribution is 0.0593. The Kier molecular flexibility index (Phi) is 4.61. The van der Waals surface area contributed by atoms with Crippen LogP contribution in [0.25, 0.3) is 0 Å². The van der Waals surface area contributed by atoms with Crippen LogP contribution in [0, 0.1) is 30.6 Å². The van der Waals surface area contributed by atoms with Gasteiger partial charge in [-0.2, -0.15) is 0 Å². The van der Waals surface area contributed by atoms with Crippen LogP contribution in [0.2, 0.25) is 0 Å². The molecule has 3 rings (SSSR count). The summed E-state index contributed by atoms with van der Waals surface area (Å²) in [7, 11) is 0. The number of nitrogens with zero attached hydrogens (tertiary/aromatic N) is 1. The molecule has 2 nitrogen and oxygen atoms in total. The van der Waals surface area contributed by atoms with Gasteiger partial charge in [0.2, 0.25) is 0 Å². The zero-order valence-corrected chi connectivity index (χ0v) is 14.8. The van der Waals surface area contributed by atoms with Crippen molar-refractivity contribution in [2.24, 2.45) is 23.7 Å². The third-order valence-corrected chi connectivity index (χ3v) is 5.94. The fourth-order valence-corrected chi connectivity index (χ4v) is 4.12. The molecule has 4 atom stereocenters. The summed E-state index contributed by atoms with van der Waals surface area (Å²) in [6.45, 7) is 9.56. The van der Waals surface area contributed by atoms with Crippen LogP contribution in [0.1, 0.15) is 49.5 Å². The Bertz CT molecular complexity index is 604. The molecule has 1 amide bonds. The number of carbonyl (C=O) groups is 1. The molecule has 124 valence electrons. The molecule has 0 aliphatic heterocycles. The lowest BCUT2D eigenvalue weighted by atomic mass is 9.91. The molecule has 1 fully saturated rings. The summed E-state index contributed by atoms with van der Waals surface area (Å²) in [5.41, 5.74) is 1.94. The molecule has 2 heteroatoms. The van der Waals surface area contributed by atoms with Crippen LogP contribution in [-0.2, 0) is 0 Å². The molecular weight excluding hydrogens is 282 g/mol. The van der Waals surface area contributed by atoms with Gasteiger partial charge in [-0.05, 0) is 62.0 Å². The van der Waals surface area contributed by atoms with Crippen LogP contribution in [0.3, 0.4) is 0 Å². The summed E-state index contributed by atoms with van der Waals surface area (Å²) >= 11 is 0. The van der Waals surface area contributed by atoms with Gasteiger partial charge < -0.3 is 4.90 Å². The highest BCUT2D eigenvalue weighted by molar-refractivity contribution is 5.95. The molecule has 0 saturated heterocycles. The lowest BCUT2D eigenvalue weighted by Crippen LogP contribution is -2.45. The Balaban J connectivity index is 1.82. The number of hydrogen-bond acceptors (Lipinski definition) is 1. The van der Waals surface area contributed by atoms with E-state index in [1.165, 1.54) is 12.8 Å². The predicted molar refractivity (Wildman–Crippen MR) is 95.4 cm³/mol. The fraction of sp³-hybridized carbons (Fsp3) is 0.571. The molecule has 0 radical (unpaired) electrons. The zero-order chi connectivity index (χ0) is 16.6. The number of aryl methyl sites for hydroxylation is 1. The molecule has 1 saturated carbocycles. The molecule has 1 aromatic carbocycles. The van der Waals surface area contributed by atoms with Gasteiger partial charge in [0.15, 0.2) is 0 Å². The normalized spacial score (nSPS) is 26.7. The molecule has 23 heavy (non-hydrogen) atoms. The SMILES string of the molecule is Cc1ccccc1C(=O)N(CC1CC2C=CC1C2)C(C)C(C)C. The Hall–Kier alpha value is -1.57. The van der Waals surface area contributed by atoms with Crippen molar-refractivity contribution < 1.29 is 4.79 Å². The smallest absolute Gasteiger partial charge is 0.254 e. The van der Waals surface area contributed by atoms with Gasteiger partial charge in [-0.15, -0.1) is 0 Å². The van der Waals surface area contributed by atoms with Crippen LogP contribution in [0.15, 0.2) is 36.4 Å². The van der Waals surface area contributed by atoms with Gasteiger partial charge in [0.05, 0.1) is 0 Å². The number of hydrogen-bond donors (Lipinski definition) is 0. The number of benzene rings is 1. The molecule has 0 N–H and O–H groups in total. The first kappa shape index (κ1) is 16.3. The third-order valence-electron chi connectivity index (χ3n) is 5.94. The number of fused-ring (bicyclic) bond motifs is 2. The van der Waals surface area contributed by atoms with Crippen molar-refractivity contribution in [3.8, 4) is 0 Å². The average Bonchev–Trinajstić information content (AvgIpc) is 3.14. The van der Waals surface area contributed by atoms with Crippen molar-refractivity contribution in [2.75, 3.05) is 6.54 Å².